The molecule has 1 fully saturated rings. The number of benzene rings is 2. The summed E-state index contributed by atoms with van der Waals surface area (Å²) in [6.07, 6.45) is 1.91. The average molecular weight is 374 g/mol. The van der Waals surface area contributed by atoms with Gasteiger partial charge in [-0.2, -0.15) is 0 Å². The Morgan fingerprint density at radius 1 is 1.27 bits per heavy atom. The third-order valence-electron chi connectivity index (χ3n) is 4.74. The molecule has 0 spiro atoms. The summed E-state index contributed by atoms with van der Waals surface area (Å²) in [5, 5.41) is 10.5. The number of piperidine rings is 1. The fourth-order valence-electron chi connectivity index (χ4n) is 3.45. The number of carbonyl (C=O) groups is 1. The predicted octanol–water partition coefficient (Wildman–Crippen LogP) is 4.54. The Labute approximate surface area is 159 Å². The van der Waals surface area contributed by atoms with Crippen molar-refractivity contribution in [2.24, 2.45) is 5.92 Å². The summed E-state index contributed by atoms with van der Waals surface area (Å²) in [5.74, 6) is 0.862. The second-order valence-corrected chi connectivity index (χ2v) is 7.12. The largest absolute Gasteiger partial charge is 0.504 e. The molecule has 4 nitrogen and oxygen atoms in total. The first kappa shape index (κ1) is 18.7. The molecule has 1 heterocycles. The number of ether oxygens (including phenoxy) is 1. The van der Waals surface area contributed by atoms with E-state index in [1.54, 1.807) is 30.3 Å². The molecule has 0 aliphatic carbocycles. The van der Waals surface area contributed by atoms with Crippen molar-refractivity contribution in [2.75, 3.05) is 19.7 Å². The van der Waals surface area contributed by atoms with Gasteiger partial charge in [-0.25, -0.2) is 0 Å². The lowest BCUT2D eigenvalue weighted by molar-refractivity contribution is 0.0811. The van der Waals surface area contributed by atoms with Crippen LogP contribution in [0.3, 0.4) is 0 Å². The molecule has 1 aliphatic rings. The van der Waals surface area contributed by atoms with Gasteiger partial charge < -0.3 is 9.84 Å². The number of Topliss-reactive ketones (excluding diaryl/α,β-unsaturated/α-hetero) is 1. The molecule has 5 heteroatoms. The molecule has 138 valence electrons. The van der Waals surface area contributed by atoms with E-state index in [9.17, 15) is 9.90 Å². The van der Waals surface area contributed by atoms with Crippen molar-refractivity contribution in [1.82, 2.24) is 4.90 Å². The number of nitrogens with zero attached hydrogens (tertiary/aromatic N) is 1. The molecule has 1 atom stereocenters. The first-order valence-corrected chi connectivity index (χ1v) is 9.41. The van der Waals surface area contributed by atoms with Crippen molar-refractivity contribution < 1.29 is 14.6 Å². The molecule has 0 aromatic heterocycles. The van der Waals surface area contributed by atoms with Crippen molar-refractivity contribution in [3.8, 4) is 11.5 Å². The van der Waals surface area contributed by atoms with Crippen LogP contribution >= 0.6 is 11.6 Å². The summed E-state index contributed by atoms with van der Waals surface area (Å²) in [4.78, 5) is 15.1. The predicted molar refractivity (Wildman–Crippen MR) is 103 cm³/mol. The van der Waals surface area contributed by atoms with E-state index in [1.807, 2.05) is 19.1 Å². The maximum atomic E-state index is 12.8. The molecular formula is C21H24ClNO3. The van der Waals surface area contributed by atoms with E-state index in [2.05, 4.69) is 4.90 Å². The molecule has 3 rings (SSSR count). The number of hydrogen-bond donors (Lipinski definition) is 1. The Morgan fingerprint density at radius 2 is 2.04 bits per heavy atom. The molecule has 0 saturated carbocycles. The van der Waals surface area contributed by atoms with Crippen LogP contribution in [0, 0.1) is 5.92 Å². The zero-order valence-corrected chi connectivity index (χ0v) is 15.7. The minimum Gasteiger partial charge on any atom is -0.504 e. The van der Waals surface area contributed by atoms with Gasteiger partial charge in [0.05, 0.1) is 6.61 Å². The molecule has 2 aromatic carbocycles. The van der Waals surface area contributed by atoms with E-state index in [0.717, 1.165) is 43.6 Å². The zero-order chi connectivity index (χ0) is 18.5. The van der Waals surface area contributed by atoms with Crippen LogP contribution in [0.1, 0.15) is 35.7 Å². The lowest BCUT2D eigenvalue weighted by Gasteiger charge is -2.32. The smallest absolute Gasteiger partial charge is 0.167 e. The van der Waals surface area contributed by atoms with Crippen LogP contribution in [0.15, 0.2) is 42.5 Å². The molecule has 1 N–H and O–H groups in total. The van der Waals surface area contributed by atoms with Crippen molar-refractivity contribution >= 4 is 17.4 Å². The number of halogens is 1. The van der Waals surface area contributed by atoms with E-state index in [4.69, 9.17) is 16.3 Å². The molecule has 26 heavy (non-hydrogen) atoms. The highest BCUT2D eigenvalue weighted by Gasteiger charge is 2.26. The maximum absolute atomic E-state index is 12.8. The van der Waals surface area contributed by atoms with Crippen LogP contribution in [0.2, 0.25) is 5.02 Å². The summed E-state index contributed by atoms with van der Waals surface area (Å²) < 4.78 is 5.46. The first-order valence-electron chi connectivity index (χ1n) is 9.03. The Hall–Kier alpha value is -2.04. The molecule has 0 bridgehead atoms. The Bertz CT molecular complexity index is 760. The standard InChI is InChI=1S/C21H24ClNO3/c1-2-26-20-12-15(5-10-19(20)24)13-23-11-3-4-17(14-23)21(25)16-6-8-18(22)9-7-16/h5-10,12,17,24H,2-4,11,13-14H2,1H3/t17-/m1/s1. The van der Waals surface area contributed by atoms with Crippen molar-refractivity contribution in [3.05, 3.63) is 58.6 Å². The van der Waals surface area contributed by atoms with E-state index in [1.165, 1.54) is 0 Å². The topological polar surface area (TPSA) is 49.8 Å². The fourth-order valence-corrected chi connectivity index (χ4v) is 3.58. The molecule has 0 amide bonds. The highest BCUT2D eigenvalue weighted by molar-refractivity contribution is 6.30. The Kier molecular flexibility index (Phi) is 6.17. The van der Waals surface area contributed by atoms with Crippen molar-refractivity contribution in [2.45, 2.75) is 26.3 Å². The first-order chi connectivity index (χ1) is 12.6. The molecule has 0 radical (unpaired) electrons. The summed E-state index contributed by atoms with van der Waals surface area (Å²) in [5.41, 5.74) is 1.80. The van der Waals surface area contributed by atoms with Gasteiger partial charge in [-0.05, 0) is 68.3 Å². The van der Waals surface area contributed by atoms with Gasteiger partial charge in [0.1, 0.15) is 0 Å². The Morgan fingerprint density at radius 3 is 2.77 bits per heavy atom. The van der Waals surface area contributed by atoms with Gasteiger partial charge in [0.2, 0.25) is 0 Å². The van der Waals surface area contributed by atoms with Gasteiger partial charge in [-0.15, -0.1) is 0 Å². The monoisotopic (exact) mass is 373 g/mol. The SMILES string of the molecule is CCOc1cc(CN2CCC[C@@H](C(=O)c3ccc(Cl)cc3)C2)ccc1O. The van der Waals surface area contributed by atoms with Crippen molar-refractivity contribution in [1.29, 1.82) is 0 Å². The van der Waals surface area contributed by atoms with Gasteiger partial charge in [-0.3, -0.25) is 9.69 Å². The lowest BCUT2D eigenvalue weighted by Crippen LogP contribution is -2.38. The van der Waals surface area contributed by atoms with E-state index in [0.29, 0.717) is 17.4 Å². The Balaban J connectivity index is 1.66. The number of aromatic hydroxyl groups is 1. The van der Waals surface area contributed by atoms with Crippen LogP contribution in [0.25, 0.3) is 0 Å². The maximum Gasteiger partial charge on any atom is 0.167 e. The molecule has 1 saturated heterocycles. The van der Waals surface area contributed by atoms with Gasteiger partial charge >= 0.3 is 0 Å². The highest BCUT2D eigenvalue weighted by Crippen LogP contribution is 2.29. The highest BCUT2D eigenvalue weighted by atomic mass is 35.5. The van der Waals surface area contributed by atoms with E-state index in [-0.39, 0.29) is 17.5 Å². The molecule has 0 unspecified atom stereocenters. The summed E-state index contributed by atoms with van der Waals surface area (Å²) in [6.45, 7) is 4.86. The summed E-state index contributed by atoms with van der Waals surface area (Å²) in [6, 6.07) is 12.6. The summed E-state index contributed by atoms with van der Waals surface area (Å²) in [7, 11) is 0. The third kappa shape index (κ3) is 4.57. The lowest BCUT2D eigenvalue weighted by atomic mass is 9.90. The average Bonchev–Trinajstić information content (AvgIpc) is 2.65. The van der Waals surface area contributed by atoms with Gasteiger partial charge in [0.15, 0.2) is 17.3 Å². The van der Waals surface area contributed by atoms with E-state index < -0.39 is 0 Å². The number of carbonyl (C=O) groups excluding carboxylic acids is 1. The van der Waals surface area contributed by atoms with Gasteiger partial charge in [0, 0.05) is 29.6 Å². The number of likely N-dealkylation sites (tertiary alicyclic amines) is 1. The van der Waals surface area contributed by atoms with E-state index >= 15 is 0 Å². The summed E-state index contributed by atoms with van der Waals surface area (Å²) >= 11 is 5.91. The number of phenols is 1. The number of phenolic OH excluding ortho intramolecular Hbond substituents is 1. The van der Waals surface area contributed by atoms with Gasteiger partial charge in [0.25, 0.3) is 0 Å². The van der Waals surface area contributed by atoms with Crippen molar-refractivity contribution in [3.63, 3.8) is 0 Å². The molecule has 1 aliphatic heterocycles. The minimum atomic E-state index is 0.00778. The molecular weight excluding hydrogens is 350 g/mol. The molecule has 2 aromatic rings. The van der Waals surface area contributed by atoms with Crippen LogP contribution in [-0.2, 0) is 6.54 Å². The zero-order valence-electron chi connectivity index (χ0n) is 15.0. The third-order valence-corrected chi connectivity index (χ3v) is 4.99. The van der Waals surface area contributed by atoms with Crippen LogP contribution in [0.4, 0.5) is 0 Å². The normalized spacial score (nSPS) is 17.8. The van der Waals surface area contributed by atoms with Crippen LogP contribution in [-0.4, -0.2) is 35.5 Å². The fraction of sp³-hybridized carbons (Fsp3) is 0.381. The second kappa shape index (κ2) is 8.56. The van der Waals surface area contributed by atoms with Crippen LogP contribution in [0.5, 0.6) is 11.5 Å². The second-order valence-electron chi connectivity index (χ2n) is 6.68. The number of hydrogen-bond acceptors (Lipinski definition) is 4. The van der Waals surface area contributed by atoms with Crippen LogP contribution < -0.4 is 4.74 Å². The van der Waals surface area contributed by atoms with Gasteiger partial charge in [-0.1, -0.05) is 17.7 Å². The number of rotatable bonds is 6. The number of ketones is 1. The minimum absolute atomic E-state index is 0.00778. The quantitative estimate of drug-likeness (QED) is 0.755.